The summed E-state index contributed by atoms with van der Waals surface area (Å²) in [5.41, 5.74) is 1.36. The van der Waals surface area contributed by atoms with Crippen molar-refractivity contribution in [2.45, 2.75) is 6.42 Å². The standard InChI is InChI=1S/C25H22N6O5/c32-21(16-17-6-8-18(9-7-17)31(34)35)28-22-19-4-1-2-5-20(19)36-23(22)24(33)29-12-14-30(15-13-29)25-26-10-3-11-27-25/h1-11H,12-16H2,(H,28,32). The topological polar surface area (TPSA) is 135 Å². The third-order valence-electron chi connectivity index (χ3n) is 5.97. The van der Waals surface area contributed by atoms with Gasteiger partial charge in [-0.2, -0.15) is 0 Å². The molecule has 0 saturated carbocycles. The number of anilines is 2. The summed E-state index contributed by atoms with van der Waals surface area (Å²) in [7, 11) is 0. The summed E-state index contributed by atoms with van der Waals surface area (Å²) in [6, 6.07) is 14.6. The Labute approximate surface area is 205 Å². The number of nitro benzene ring substituents is 1. The number of furan rings is 1. The van der Waals surface area contributed by atoms with E-state index in [1.807, 2.05) is 4.90 Å². The van der Waals surface area contributed by atoms with Crippen molar-refractivity contribution in [1.82, 2.24) is 14.9 Å². The van der Waals surface area contributed by atoms with Crippen LogP contribution in [-0.4, -0.2) is 57.8 Å². The second-order valence-electron chi connectivity index (χ2n) is 8.28. The number of carbonyl (C=O) groups excluding carboxylic acids is 2. The Morgan fingerprint density at radius 1 is 0.972 bits per heavy atom. The number of hydrogen-bond donors (Lipinski definition) is 1. The predicted octanol–water partition coefficient (Wildman–Crippen LogP) is 3.27. The molecule has 1 fully saturated rings. The molecule has 2 amide bonds. The van der Waals surface area contributed by atoms with Crippen molar-refractivity contribution in [3.05, 3.63) is 88.4 Å². The lowest BCUT2D eigenvalue weighted by atomic mass is 10.1. The summed E-state index contributed by atoms with van der Waals surface area (Å²) < 4.78 is 5.90. The highest BCUT2D eigenvalue weighted by Crippen LogP contribution is 2.32. The molecule has 182 valence electrons. The monoisotopic (exact) mass is 486 g/mol. The maximum atomic E-state index is 13.4. The van der Waals surface area contributed by atoms with Crippen LogP contribution in [0.15, 0.2) is 71.4 Å². The minimum atomic E-state index is -0.494. The first-order chi connectivity index (χ1) is 17.5. The number of hydrogen-bond acceptors (Lipinski definition) is 8. The van der Waals surface area contributed by atoms with E-state index in [1.165, 1.54) is 24.3 Å². The minimum absolute atomic E-state index is 0.0130. The number of non-ortho nitro benzene ring substituents is 1. The molecule has 1 aliphatic rings. The van der Waals surface area contributed by atoms with Gasteiger partial charge in [-0.3, -0.25) is 19.7 Å². The Bertz CT molecular complexity index is 1410. The lowest BCUT2D eigenvalue weighted by molar-refractivity contribution is -0.384. The van der Waals surface area contributed by atoms with Gasteiger partial charge in [0.2, 0.25) is 17.6 Å². The predicted molar refractivity (Wildman–Crippen MR) is 132 cm³/mol. The van der Waals surface area contributed by atoms with Gasteiger partial charge in [-0.15, -0.1) is 0 Å². The minimum Gasteiger partial charge on any atom is -0.449 e. The van der Waals surface area contributed by atoms with E-state index in [1.54, 1.807) is 47.6 Å². The number of rotatable bonds is 6. The maximum Gasteiger partial charge on any atom is 0.291 e. The van der Waals surface area contributed by atoms with Crippen LogP contribution in [0.25, 0.3) is 11.0 Å². The number of nitrogens with one attached hydrogen (secondary N) is 1. The Morgan fingerprint density at radius 2 is 1.67 bits per heavy atom. The van der Waals surface area contributed by atoms with Crippen molar-refractivity contribution >= 4 is 40.1 Å². The summed E-state index contributed by atoms with van der Waals surface area (Å²) in [6.07, 6.45) is 3.35. The van der Waals surface area contributed by atoms with Gasteiger partial charge in [0.1, 0.15) is 11.3 Å². The molecule has 2 aromatic heterocycles. The average molecular weight is 486 g/mol. The number of piperazine rings is 1. The highest BCUT2D eigenvalue weighted by Gasteiger charge is 2.29. The van der Waals surface area contributed by atoms with Crippen molar-refractivity contribution in [3.63, 3.8) is 0 Å². The first-order valence-electron chi connectivity index (χ1n) is 11.4. The van der Waals surface area contributed by atoms with E-state index in [9.17, 15) is 19.7 Å². The highest BCUT2D eigenvalue weighted by atomic mass is 16.6. The van der Waals surface area contributed by atoms with Crippen LogP contribution in [0.3, 0.4) is 0 Å². The molecule has 4 aromatic rings. The molecule has 36 heavy (non-hydrogen) atoms. The van der Waals surface area contributed by atoms with Crippen LogP contribution in [0, 0.1) is 10.1 Å². The molecule has 3 heterocycles. The van der Waals surface area contributed by atoms with Crippen LogP contribution >= 0.6 is 0 Å². The molecule has 11 heteroatoms. The van der Waals surface area contributed by atoms with Gasteiger partial charge in [-0.1, -0.05) is 24.3 Å². The molecule has 5 rings (SSSR count). The molecule has 0 radical (unpaired) electrons. The number of aromatic nitrogens is 2. The zero-order valence-corrected chi connectivity index (χ0v) is 19.2. The van der Waals surface area contributed by atoms with Crippen LogP contribution in [0.2, 0.25) is 0 Å². The van der Waals surface area contributed by atoms with Crippen molar-refractivity contribution in [3.8, 4) is 0 Å². The molecule has 1 saturated heterocycles. The average Bonchev–Trinajstić information content (AvgIpc) is 3.27. The zero-order valence-electron chi connectivity index (χ0n) is 19.2. The molecule has 0 bridgehead atoms. The summed E-state index contributed by atoms with van der Waals surface area (Å²) in [4.78, 5) is 48.9. The van der Waals surface area contributed by atoms with Gasteiger partial charge in [0.05, 0.1) is 11.3 Å². The SMILES string of the molecule is O=C(Cc1ccc([N+](=O)[O-])cc1)Nc1c(C(=O)N2CCN(c3ncccn3)CC2)oc2ccccc12. The van der Waals surface area contributed by atoms with E-state index in [4.69, 9.17) is 4.42 Å². The molecule has 1 N–H and O–H groups in total. The number of benzene rings is 2. The largest absolute Gasteiger partial charge is 0.449 e. The van der Waals surface area contributed by atoms with Crippen LogP contribution in [0.4, 0.5) is 17.3 Å². The smallest absolute Gasteiger partial charge is 0.291 e. The lowest BCUT2D eigenvalue weighted by Gasteiger charge is -2.34. The summed E-state index contributed by atoms with van der Waals surface area (Å²) in [6.45, 7) is 2.03. The fourth-order valence-corrected chi connectivity index (χ4v) is 4.13. The van der Waals surface area contributed by atoms with E-state index in [0.717, 1.165) is 0 Å². The number of nitrogens with zero attached hydrogens (tertiary/aromatic N) is 5. The molecular formula is C25H22N6O5. The third kappa shape index (κ3) is 4.71. The quantitative estimate of drug-likeness (QED) is 0.324. The first kappa shape index (κ1) is 23.0. The fraction of sp³-hybridized carbons (Fsp3) is 0.200. The van der Waals surface area contributed by atoms with Crippen LogP contribution in [0.5, 0.6) is 0 Å². The Morgan fingerprint density at radius 3 is 2.36 bits per heavy atom. The van der Waals surface area contributed by atoms with Crippen molar-refractivity contribution < 1.29 is 18.9 Å². The lowest BCUT2D eigenvalue weighted by Crippen LogP contribution is -2.49. The van der Waals surface area contributed by atoms with E-state index < -0.39 is 4.92 Å². The van der Waals surface area contributed by atoms with Gasteiger partial charge in [0.15, 0.2) is 0 Å². The summed E-state index contributed by atoms with van der Waals surface area (Å²) >= 11 is 0. The molecule has 0 atom stereocenters. The van der Waals surface area contributed by atoms with Gasteiger partial charge in [-0.05, 0) is 23.8 Å². The molecule has 2 aromatic carbocycles. The van der Waals surface area contributed by atoms with Crippen molar-refractivity contribution in [1.29, 1.82) is 0 Å². The van der Waals surface area contributed by atoms with Crippen molar-refractivity contribution in [2.24, 2.45) is 0 Å². The number of carbonyl (C=O) groups is 2. The van der Waals surface area contributed by atoms with Crippen LogP contribution in [0.1, 0.15) is 16.1 Å². The van der Waals surface area contributed by atoms with Gasteiger partial charge >= 0.3 is 0 Å². The fourth-order valence-electron chi connectivity index (χ4n) is 4.13. The van der Waals surface area contributed by atoms with E-state index in [0.29, 0.717) is 54.3 Å². The Balaban J connectivity index is 1.33. The number of para-hydroxylation sites is 1. The van der Waals surface area contributed by atoms with Crippen molar-refractivity contribution in [2.75, 3.05) is 36.4 Å². The second kappa shape index (κ2) is 9.82. The van der Waals surface area contributed by atoms with E-state index in [-0.39, 0.29) is 29.7 Å². The maximum absolute atomic E-state index is 13.4. The number of nitro groups is 1. The Kier molecular flexibility index (Phi) is 6.27. The van der Waals surface area contributed by atoms with Gasteiger partial charge in [-0.25, -0.2) is 9.97 Å². The van der Waals surface area contributed by atoms with E-state index >= 15 is 0 Å². The summed E-state index contributed by atoms with van der Waals surface area (Å²) in [5.74, 6) is 0.00570. The summed E-state index contributed by atoms with van der Waals surface area (Å²) in [5, 5.41) is 14.3. The molecule has 0 unspecified atom stereocenters. The molecule has 0 aliphatic carbocycles. The van der Waals surface area contributed by atoms with Gasteiger partial charge in [0.25, 0.3) is 11.6 Å². The van der Waals surface area contributed by atoms with Crippen LogP contribution < -0.4 is 10.2 Å². The molecular weight excluding hydrogens is 464 g/mol. The zero-order chi connectivity index (χ0) is 25.1. The normalized spacial score (nSPS) is 13.6. The Hall–Kier alpha value is -4.80. The first-order valence-corrected chi connectivity index (χ1v) is 11.4. The second-order valence-corrected chi connectivity index (χ2v) is 8.28. The number of fused-ring (bicyclic) bond motifs is 1. The number of amides is 2. The molecule has 0 spiro atoms. The molecule has 11 nitrogen and oxygen atoms in total. The van der Waals surface area contributed by atoms with Gasteiger partial charge in [0, 0.05) is 56.1 Å². The highest BCUT2D eigenvalue weighted by molar-refractivity contribution is 6.11. The van der Waals surface area contributed by atoms with E-state index in [2.05, 4.69) is 15.3 Å². The third-order valence-corrected chi connectivity index (χ3v) is 5.97. The van der Waals surface area contributed by atoms with Crippen LogP contribution in [-0.2, 0) is 11.2 Å². The van der Waals surface area contributed by atoms with Gasteiger partial charge < -0.3 is 19.5 Å². The molecule has 1 aliphatic heterocycles.